The van der Waals surface area contributed by atoms with Gasteiger partial charge in [0, 0.05) is 28.1 Å². The number of aromatic nitrogens is 4. The number of pyridine rings is 2. The molecule has 3 aromatic heterocycles. The van der Waals surface area contributed by atoms with Gasteiger partial charge < -0.3 is 0 Å². The van der Waals surface area contributed by atoms with Crippen molar-refractivity contribution in [3.8, 4) is 61.8 Å². The fourth-order valence-corrected chi connectivity index (χ4v) is 6.70. The second-order valence-corrected chi connectivity index (χ2v) is 12.1. The fourth-order valence-electron chi connectivity index (χ4n) is 6.70. The Kier molecular flexibility index (Phi) is 7.10. The summed E-state index contributed by atoms with van der Waals surface area (Å²) in [5.41, 5.74) is 12.5. The standard InChI is InChI=1S/C45H30N4/c1-3-12-33(13-4-1)39-30-36-14-7-8-17-38(36)45-43(39)44(48-49(45)37-15-5-2-6-16-37)35-27-23-32(24-28-35)31-21-25-34(26-22-31)40-19-11-20-42(47-40)41-18-9-10-29-46-41/h1-30H. The smallest absolute Gasteiger partial charge is 0.101 e. The van der Waals surface area contributed by atoms with Gasteiger partial charge in [0.2, 0.25) is 0 Å². The summed E-state index contributed by atoms with van der Waals surface area (Å²) in [5, 5.41) is 8.86. The number of nitrogens with zero attached hydrogens (tertiary/aromatic N) is 4. The molecule has 0 unspecified atom stereocenters. The third-order valence-electron chi connectivity index (χ3n) is 9.10. The van der Waals surface area contributed by atoms with Crippen molar-refractivity contribution in [2.24, 2.45) is 0 Å². The van der Waals surface area contributed by atoms with Crippen molar-refractivity contribution in [2.45, 2.75) is 0 Å². The highest BCUT2D eigenvalue weighted by Crippen LogP contribution is 2.42. The topological polar surface area (TPSA) is 43.6 Å². The molecule has 0 saturated heterocycles. The normalized spacial score (nSPS) is 11.3. The van der Waals surface area contributed by atoms with Crippen LogP contribution in [0.25, 0.3) is 83.5 Å². The van der Waals surface area contributed by atoms with Crippen LogP contribution in [0, 0.1) is 0 Å². The predicted molar refractivity (Wildman–Crippen MR) is 201 cm³/mol. The van der Waals surface area contributed by atoms with Gasteiger partial charge in [0.1, 0.15) is 5.69 Å². The highest BCUT2D eigenvalue weighted by Gasteiger charge is 2.21. The van der Waals surface area contributed by atoms with Gasteiger partial charge in [-0.15, -0.1) is 0 Å². The molecule has 3 heterocycles. The minimum absolute atomic E-state index is 0.864. The molecule has 0 spiro atoms. The van der Waals surface area contributed by atoms with Gasteiger partial charge in [0.15, 0.2) is 0 Å². The van der Waals surface area contributed by atoms with Crippen LogP contribution in [0.5, 0.6) is 0 Å². The summed E-state index contributed by atoms with van der Waals surface area (Å²) in [6.45, 7) is 0. The predicted octanol–water partition coefficient (Wildman–Crippen LogP) is 11.3. The van der Waals surface area contributed by atoms with Gasteiger partial charge in [-0.05, 0) is 70.1 Å². The lowest BCUT2D eigenvalue weighted by Gasteiger charge is -2.11. The van der Waals surface area contributed by atoms with Gasteiger partial charge in [-0.1, -0.05) is 133 Å². The summed E-state index contributed by atoms with van der Waals surface area (Å²) >= 11 is 0. The molecule has 0 aliphatic rings. The van der Waals surface area contributed by atoms with E-state index >= 15 is 0 Å². The van der Waals surface area contributed by atoms with E-state index in [1.54, 1.807) is 6.20 Å². The van der Waals surface area contributed by atoms with Crippen molar-refractivity contribution in [3.63, 3.8) is 0 Å². The quantitative estimate of drug-likeness (QED) is 0.184. The van der Waals surface area contributed by atoms with Gasteiger partial charge in [0.25, 0.3) is 0 Å². The lowest BCUT2D eigenvalue weighted by molar-refractivity contribution is 0.918. The lowest BCUT2D eigenvalue weighted by atomic mass is 9.93. The maximum atomic E-state index is 5.35. The van der Waals surface area contributed by atoms with E-state index in [4.69, 9.17) is 10.1 Å². The summed E-state index contributed by atoms with van der Waals surface area (Å²) in [4.78, 5) is 9.35. The van der Waals surface area contributed by atoms with Crippen molar-refractivity contribution < 1.29 is 0 Å². The number of fused-ring (bicyclic) bond motifs is 3. The Morgan fingerprint density at radius 2 is 1.04 bits per heavy atom. The van der Waals surface area contributed by atoms with Crippen molar-refractivity contribution >= 4 is 21.7 Å². The summed E-state index contributed by atoms with van der Waals surface area (Å²) in [7, 11) is 0. The zero-order valence-electron chi connectivity index (χ0n) is 26.6. The number of rotatable bonds is 6. The van der Waals surface area contributed by atoms with Gasteiger partial charge in [-0.2, -0.15) is 5.10 Å². The van der Waals surface area contributed by atoms with E-state index in [0.717, 1.165) is 61.6 Å². The molecule has 0 aliphatic carbocycles. The first-order valence-corrected chi connectivity index (χ1v) is 16.5. The van der Waals surface area contributed by atoms with Gasteiger partial charge >= 0.3 is 0 Å². The van der Waals surface area contributed by atoms with E-state index < -0.39 is 0 Å². The molecule has 6 aromatic carbocycles. The maximum Gasteiger partial charge on any atom is 0.101 e. The van der Waals surface area contributed by atoms with E-state index in [1.807, 2.05) is 42.5 Å². The van der Waals surface area contributed by atoms with E-state index in [1.165, 1.54) is 21.9 Å². The monoisotopic (exact) mass is 626 g/mol. The van der Waals surface area contributed by atoms with Gasteiger partial charge in [-0.3, -0.25) is 4.98 Å². The highest BCUT2D eigenvalue weighted by molar-refractivity contribution is 6.17. The molecule has 0 saturated carbocycles. The number of para-hydroxylation sites is 1. The summed E-state index contributed by atoms with van der Waals surface area (Å²) in [6.07, 6.45) is 1.80. The van der Waals surface area contributed by atoms with E-state index in [0.29, 0.717) is 0 Å². The molecule has 0 N–H and O–H groups in total. The summed E-state index contributed by atoms with van der Waals surface area (Å²) < 4.78 is 2.11. The molecule has 49 heavy (non-hydrogen) atoms. The van der Waals surface area contributed by atoms with Crippen molar-refractivity contribution in [1.29, 1.82) is 0 Å². The molecule has 9 aromatic rings. The Labute approximate surface area is 284 Å². The maximum absolute atomic E-state index is 5.35. The first-order valence-electron chi connectivity index (χ1n) is 16.5. The van der Waals surface area contributed by atoms with Crippen LogP contribution in [-0.2, 0) is 0 Å². The number of hydrogen-bond donors (Lipinski definition) is 0. The van der Waals surface area contributed by atoms with Crippen LogP contribution in [-0.4, -0.2) is 19.7 Å². The molecule has 0 radical (unpaired) electrons. The Hall–Kier alpha value is -6.65. The molecule has 9 rings (SSSR count). The largest absolute Gasteiger partial charge is 0.255 e. The average molecular weight is 627 g/mol. The Morgan fingerprint density at radius 3 is 1.78 bits per heavy atom. The second-order valence-electron chi connectivity index (χ2n) is 12.1. The first kappa shape index (κ1) is 28.6. The van der Waals surface area contributed by atoms with Gasteiger partial charge in [0.05, 0.1) is 28.3 Å². The minimum Gasteiger partial charge on any atom is -0.255 e. The van der Waals surface area contributed by atoms with Crippen molar-refractivity contribution in [2.75, 3.05) is 0 Å². The van der Waals surface area contributed by atoms with Crippen molar-refractivity contribution in [1.82, 2.24) is 19.7 Å². The third-order valence-corrected chi connectivity index (χ3v) is 9.10. The average Bonchev–Trinajstić information content (AvgIpc) is 3.60. The number of hydrogen-bond acceptors (Lipinski definition) is 3. The molecule has 0 amide bonds. The van der Waals surface area contributed by atoms with Crippen LogP contribution < -0.4 is 0 Å². The summed E-state index contributed by atoms with van der Waals surface area (Å²) in [5.74, 6) is 0. The Bertz CT molecular complexity index is 2560. The SMILES string of the molecule is c1ccc(-c2cc3ccccc3c3c2c(-c2ccc(-c4ccc(-c5cccc(-c6ccccn6)n5)cc4)cc2)nn3-c2ccccc2)cc1. The molecular weight excluding hydrogens is 597 g/mol. The van der Waals surface area contributed by atoms with Crippen molar-refractivity contribution in [3.05, 3.63) is 182 Å². The Morgan fingerprint density at radius 1 is 0.429 bits per heavy atom. The molecule has 230 valence electrons. The van der Waals surface area contributed by atoms with Crippen LogP contribution in [0.4, 0.5) is 0 Å². The zero-order valence-corrected chi connectivity index (χ0v) is 26.6. The molecule has 0 atom stereocenters. The molecular formula is C45H30N4. The second kappa shape index (κ2) is 12.2. The molecule has 4 nitrogen and oxygen atoms in total. The highest BCUT2D eigenvalue weighted by atomic mass is 15.3. The fraction of sp³-hybridized carbons (Fsp3) is 0. The van der Waals surface area contributed by atoms with Crippen LogP contribution in [0.3, 0.4) is 0 Å². The van der Waals surface area contributed by atoms with E-state index in [2.05, 4.69) is 143 Å². The van der Waals surface area contributed by atoms with E-state index in [9.17, 15) is 0 Å². The van der Waals surface area contributed by atoms with Crippen LogP contribution in [0.15, 0.2) is 182 Å². The minimum atomic E-state index is 0.864. The lowest BCUT2D eigenvalue weighted by Crippen LogP contribution is -1.96. The molecule has 4 heteroatoms. The Balaban J connectivity index is 1.13. The third kappa shape index (κ3) is 5.26. The van der Waals surface area contributed by atoms with Crippen LogP contribution in [0.2, 0.25) is 0 Å². The first-order chi connectivity index (χ1) is 24.3. The van der Waals surface area contributed by atoms with Crippen LogP contribution >= 0.6 is 0 Å². The van der Waals surface area contributed by atoms with Gasteiger partial charge in [-0.25, -0.2) is 9.67 Å². The number of benzene rings is 6. The molecule has 0 bridgehead atoms. The summed E-state index contributed by atoms with van der Waals surface area (Å²) in [6, 6.07) is 61.3. The van der Waals surface area contributed by atoms with E-state index in [-0.39, 0.29) is 0 Å². The van der Waals surface area contributed by atoms with Crippen LogP contribution in [0.1, 0.15) is 0 Å². The zero-order chi connectivity index (χ0) is 32.6. The molecule has 0 aliphatic heterocycles. The molecule has 0 fully saturated rings.